The molecule has 84 valence electrons. The molecule has 0 fully saturated rings. The summed E-state index contributed by atoms with van der Waals surface area (Å²) >= 11 is 1.68. The summed E-state index contributed by atoms with van der Waals surface area (Å²) in [7, 11) is 0. The first-order valence-electron chi connectivity index (χ1n) is 5.52. The highest BCUT2D eigenvalue weighted by Gasteiger charge is 2.01. The minimum Gasteiger partial charge on any atom is -0.357 e. The molecule has 0 aliphatic carbocycles. The van der Waals surface area contributed by atoms with Crippen LogP contribution in [0.25, 0.3) is 0 Å². The summed E-state index contributed by atoms with van der Waals surface area (Å²) in [6, 6.07) is 8.42. The number of nitrogens with zero attached hydrogens (tertiary/aromatic N) is 1. The third-order valence-corrected chi connectivity index (χ3v) is 3.45. The van der Waals surface area contributed by atoms with Crippen LogP contribution in [0.3, 0.4) is 0 Å². The molecule has 2 aromatic rings. The van der Waals surface area contributed by atoms with E-state index in [0.29, 0.717) is 0 Å². The normalized spacial score (nSPS) is 10.4. The maximum absolute atomic E-state index is 4.48. The first kappa shape index (κ1) is 11.1. The lowest BCUT2D eigenvalue weighted by molar-refractivity contribution is 1.04. The Morgan fingerprint density at radius 2 is 2.12 bits per heavy atom. The highest BCUT2D eigenvalue weighted by atomic mass is 32.1. The van der Waals surface area contributed by atoms with E-state index in [2.05, 4.69) is 53.8 Å². The van der Waals surface area contributed by atoms with Gasteiger partial charge in [0, 0.05) is 11.9 Å². The lowest BCUT2D eigenvalue weighted by Crippen LogP contribution is -2.00. The molecule has 0 unspecified atom stereocenters. The number of aromatic nitrogens is 1. The van der Waals surface area contributed by atoms with Crippen LogP contribution in [0.15, 0.2) is 29.6 Å². The molecule has 0 bridgehead atoms. The smallest absolute Gasteiger partial charge is 0.183 e. The molecule has 0 atom stereocenters. The average molecular weight is 232 g/mol. The monoisotopic (exact) mass is 232 g/mol. The van der Waals surface area contributed by atoms with E-state index in [1.54, 1.807) is 11.3 Å². The van der Waals surface area contributed by atoms with Gasteiger partial charge >= 0.3 is 0 Å². The molecule has 0 aliphatic rings. The maximum atomic E-state index is 4.48. The second-order valence-corrected chi connectivity index (χ2v) is 4.64. The molecule has 0 amide bonds. The average Bonchev–Trinajstić information content (AvgIpc) is 2.76. The van der Waals surface area contributed by atoms with Crippen LogP contribution >= 0.6 is 11.3 Å². The second-order valence-electron chi connectivity index (χ2n) is 3.78. The first-order chi connectivity index (χ1) is 7.79. The minimum atomic E-state index is 0.851. The van der Waals surface area contributed by atoms with Crippen molar-refractivity contribution in [2.75, 3.05) is 5.32 Å². The van der Waals surface area contributed by atoms with Gasteiger partial charge in [0.05, 0.1) is 5.69 Å². The predicted molar refractivity (Wildman–Crippen MR) is 70.0 cm³/mol. The van der Waals surface area contributed by atoms with Crippen LogP contribution in [0.5, 0.6) is 0 Å². The number of nitrogens with one attached hydrogen (secondary N) is 1. The number of hydrogen-bond donors (Lipinski definition) is 1. The number of hydrogen-bond acceptors (Lipinski definition) is 3. The van der Waals surface area contributed by atoms with Crippen LogP contribution in [0.4, 0.5) is 5.13 Å². The Morgan fingerprint density at radius 1 is 1.31 bits per heavy atom. The van der Waals surface area contributed by atoms with E-state index in [9.17, 15) is 0 Å². The number of benzene rings is 1. The molecule has 16 heavy (non-hydrogen) atoms. The summed E-state index contributed by atoms with van der Waals surface area (Å²) in [4.78, 5) is 4.48. The van der Waals surface area contributed by atoms with Gasteiger partial charge in [-0.15, -0.1) is 11.3 Å². The van der Waals surface area contributed by atoms with Crippen molar-refractivity contribution in [3.8, 4) is 0 Å². The summed E-state index contributed by atoms with van der Waals surface area (Å²) in [5.74, 6) is 0. The molecule has 1 N–H and O–H groups in total. The van der Waals surface area contributed by atoms with E-state index in [1.807, 2.05) is 0 Å². The third-order valence-electron chi connectivity index (χ3n) is 2.61. The number of anilines is 1. The summed E-state index contributed by atoms with van der Waals surface area (Å²) in [5, 5.41) is 6.49. The SMILES string of the molecule is CCc1csc(NCc2ccccc2C)n1. The van der Waals surface area contributed by atoms with Crippen molar-refractivity contribution in [3.63, 3.8) is 0 Å². The van der Waals surface area contributed by atoms with Gasteiger partial charge in [-0.1, -0.05) is 31.2 Å². The highest BCUT2D eigenvalue weighted by Crippen LogP contribution is 2.17. The highest BCUT2D eigenvalue weighted by molar-refractivity contribution is 7.13. The lowest BCUT2D eigenvalue weighted by atomic mass is 10.1. The predicted octanol–water partition coefficient (Wildman–Crippen LogP) is 3.63. The number of rotatable bonds is 4. The largest absolute Gasteiger partial charge is 0.357 e. The van der Waals surface area contributed by atoms with Crippen molar-refractivity contribution < 1.29 is 0 Å². The quantitative estimate of drug-likeness (QED) is 0.870. The van der Waals surface area contributed by atoms with Crippen LogP contribution < -0.4 is 5.32 Å². The molecule has 2 nitrogen and oxygen atoms in total. The van der Waals surface area contributed by atoms with Gasteiger partial charge in [-0.2, -0.15) is 0 Å². The van der Waals surface area contributed by atoms with Gasteiger partial charge in [0.2, 0.25) is 0 Å². The molecular weight excluding hydrogens is 216 g/mol. The van der Waals surface area contributed by atoms with Gasteiger partial charge in [-0.05, 0) is 24.5 Å². The zero-order chi connectivity index (χ0) is 11.4. The van der Waals surface area contributed by atoms with E-state index < -0.39 is 0 Å². The topological polar surface area (TPSA) is 24.9 Å². The van der Waals surface area contributed by atoms with Gasteiger partial charge in [0.25, 0.3) is 0 Å². The van der Waals surface area contributed by atoms with E-state index in [-0.39, 0.29) is 0 Å². The summed E-state index contributed by atoms with van der Waals surface area (Å²) in [5.41, 5.74) is 3.82. The molecule has 1 aromatic carbocycles. The van der Waals surface area contributed by atoms with E-state index in [4.69, 9.17) is 0 Å². The number of aryl methyl sites for hydroxylation is 2. The van der Waals surface area contributed by atoms with Crippen LogP contribution in [0.1, 0.15) is 23.7 Å². The Kier molecular flexibility index (Phi) is 3.57. The molecule has 2 rings (SSSR count). The Morgan fingerprint density at radius 3 is 2.81 bits per heavy atom. The number of thiazole rings is 1. The molecule has 0 spiro atoms. The summed E-state index contributed by atoms with van der Waals surface area (Å²) in [6.07, 6.45) is 1.00. The van der Waals surface area contributed by atoms with Crippen molar-refractivity contribution in [1.29, 1.82) is 0 Å². The molecule has 3 heteroatoms. The fraction of sp³-hybridized carbons (Fsp3) is 0.308. The lowest BCUT2D eigenvalue weighted by Gasteiger charge is -2.05. The Labute approximate surface area is 100 Å². The minimum absolute atomic E-state index is 0.851. The first-order valence-corrected chi connectivity index (χ1v) is 6.40. The van der Waals surface area contributed by atoms with Crippen LogP contribution in [-0.2, 0) is 13.0 Å². The zero-order valence-electron chi connectivity index (χ0n) is 9.66. The molecular formula is C13H16N2S. The Hall–Kier alpha value is -1.35. The maximum Gasteiger partial charge on any atom is 0.183 e. The van der Waals surface area contributed by atoms with Crippen LogP contribution in [0, 0.1) is 6.92 Å². The fourth-order valence-electron chi connectivity index (χ4n) is 1.53. The van der Waals surface area contributed by atoms with E-state index >= 15 is 0 Å². The molecule has 0 saturated heterocycles. The molecule has 0 aliphatic heterocycles. The second kappa shape index (κ2) is 5.12. The standard InChI is InChI=1S/C13H16N2S/c1-3-12-9-16-13(15-12)14-8-11-7-5-4-6-10(11)2/h4-7,9H,3,8H2,1-2H3,(H,14,15). The van der Waals surface area contributed by atoms with Crippen molar-refractivity contribution in [1.82, 2.24) is 4.98 Å². The zero-order valence-corrected chi connectivity index (χ0v) is 10.5. The van der Waals surface area contributed by atoms with Crippen molar-refractivity contribution >= 4 is 16.5 Å². The van der Waals surface area contributed by atoms with Gasteiger partial charge in [0.1, 0.15) is 0 Å². The molecule has 1 heterocycles. The van der Waals surface area contributed by atoms with Gasteiger partial charge in [-0.3, -0.25) is 0 Å². The van der Waals surface area contributed by atoms with E-state index in [0.717, 1.165) is 23.8 Å². The van der Waals surface area contributed by atoms with Crippen LogP contribution in [-0.4, -0.2) is 4.98 Å². The van der Waals surface area contributed by atoms with Gasteiger partial charge in [0.15, 0.2) is 5.13 Å². The van der Waals surface area contributed by atoms with Crippen molar-refractivity contribution in [3.05, 3.63) is 46.5 Å². The van der Waals surface area contributed by atoms with Crippen molar-refractivity contribution in [2.45, 2.75) is 26.8 Å². The van der Waals surface area contributed by atoms with Gasteiger partial charge in [-0.25, -0.2) is 4.98 Å². The van der Waals surface area contributed by atoms with Crippen molar-refractivity contribution in [2.24, 2.45) is 0 Å². The van der Waals surface area contributed by atoms with Gasteiger partial charge < -0.3 is 5.32 Å². The Bertz CT molecular complexity index is 462. The van der Waals surface area contributed by atoms with Crippen LogP contribution in [0.2, 0.25) is 0 Å². The van der Waals surface area contributed by atoms with E-state index in [1.165, 1.54) is 11.1 Å². The molecule has 0 saturated carbocycles. The summed E-state index contributed by atoms with van der Waals surface area (Å²) in [6.45, 7) is 5.11. The third kappa shape index (κ3) is 2.61. The Balaban J connectivity index is 1.99. The summed E-state index contributed by atoms with van der Waals surface area (Å²) < 4.78 is 0. The molecule has 1 aromatic heterocycles. The fourth-order valence-corrected chi connectivity index (χ4v) is 2.32. The molecule has 0 radical (unpaired) electrons.